The van der Waals surface area contributed by atoms with Crippen LogP contribution in [0.15, 0.2) is 57.9 Å². The van der Waals surface area contributed by atoms with E-state index in [0.29, 0.717) is 5.76 Å². The molecular weight excluding hydrogens is 240 g/mol. The molecule has 0 saturated carbocycles. The number of rotatable bonds is 1. The average molecular weight is 256 g/mol. The molecule has 0 bridgehead atoms. The first-order chi connectivity index (χ1) is 8.97. The highest BCUT2D eigenvalue weighted by molar-refractivity contribution is 6.08. The van der Waals surface area contributed by atoms with E-state index in [1.54, 1.807) is 18.2 Å². The lowest BCUT2D eigenvalue weighted by Crippen LogP contribution is -2.12. The minimum atomic E-state index is -0.126. The number of carbonyl (C=O) groups excluding carboxylic acids is 2. The summed E-state index contributed by atoms with van der Waals surface area (Å²) in [4.78, 5) is 23.3. The minimum Gasteiger partial charge on any atom is -0.492 e. The number of methoxy groups -OCH3 is 1. The molecular formula is C16H16O3. The molecule has 0 aromatic rings. The maximum atomic E-state index is 11.7. The predicted molar refractivity (Wildman–Crippen MR) is 73.4 cm³/mol. The fourth-order valence-electron chi connectivity index (χ4n) is 2.30. The fraction of sp³-hybridized carbons (Fsp3) is 0.250. The zero-order valence-corrected chi connectivity index (χ0v) is 11.5. The van der Waals surface area contributed by atoms with Gasteiger partial charge in [-0.25, -0.2) is 0 Å². The van der Waals surface area contributed by atoms with Crippen molar-refractivity contribution in [3.8, 4) is 0 Å². The number of hydrogen-bond acceptors (Lipinski definition) is 3. The summed E-state index contributed by atoms with van der Waals surface area (Å²) in [5, 5.41) is 0. The van der Waals surface area contributed by atoms with E-state index in [-0.39, 0.29) is 11.6 Å². The van der Waals surface area contributed by atoms with Crippen molar-refractivity contribution >= 4 is 11.6 Å². The fourth-order valence-corrected chi connectivity index (χ4v) is 2.30. The molecule has 0 aromatic heterocycles. The Morgan fingerprint density at radius 1 is 0.737 bits per heavy atom. The van der Waals surface area contributed by atoms with Crippen LogP contribution in [0.3, 0.4) is 0 Å². The van der Waals surface area contributed by atoms with Gasteiger partial charge in [-0.1, -0.05) is 6.08 Å². The van der Waals surface area contributed by atoms with Crippen LogP contribution in [0.25, 0.3) is 0 Å². The zero-order valence-electron chi connectivity index (χ0n) is 11.5. The van der Waals surface area contributed by atoms with Gasteiger partial charge in [-0.2, -0.15) is 0 Å². The van der Waals surface area contributed by atoms with Gasteiger partial charge >= 0.3 is 0 Å². The average Bonchev–Trinajstić information content (AvgIpc) is 2.38. The largest absolute Gasteiger partial charge is 0.492 e. The van der Waals surface area contributed by atoms with Gasteiger partial charge in [0.05, 0.1) is 7.11 Å². The van der Waals surface area contributed by atoms with Crippen molar-refractivity contribution in [1.29, 1.82) is 0 Å². The third kappa shape index (κ3) is 2.12. The monoisotopic (exact) mass is 256 g/mol. The Morgan fingerprint density at radius 3 is 1.84 bits per heavy atom. The highest BCUT2D eigenvalue weighted by Crippen LogP contribution is 2.32. The summed E-state index contributed by atoms with van der Waals surface area (Å²) < 4.78 is 5.16. The van der Waals surface area contributed by atoms with Gasteiger partial charge < -0.3 is 4.74 Å². The maximum absolute atomic E-state index is 11.7. The van der Waals surface area contributed by atoms with Crippen LogP contribution < -0.4 is 0 Å². The summed E-state index contributed by atoms with van der Waals surface area (Å²) in [5.41, 5.74) is 4.37. The lowest BCUT2D eigenvalue weighted by atomic mass is 9.86. The smallest absolute Gasteiger partial charge is 0.220 e. The van der Waals surface area contributed by atoms with Crippen LogP contribution in [0, 0.1) is 0 Å². The molecule has 0 spiro atoms. The summed E-state index contributed by atoms with van der Waals surface area (Å²) in [6.45, 7) is 5.59. The molecule has 98 valence electrons. The molecule has 2 aliphatic carbocycles. The van der Waals surface area contributed by atoms with Crippen LogP contribution in [-0.4, -0.2) is 18.7 Å². The second-order valence-corrected chi connectivity index (χ2v) is 4.63. The van der Waals surface area contributed by atoms with E-state index in [9.17, 15) is 9.59 Å². The molecule has 0 atom stereocenters. The van der Waals surface area contributed by atoms with E-state index in [4.69, 9.17) is 4.74 Å². The number of ketones is 2. The quantitative estimate of drug-likeness (QED) is 0.724. The van der Waals surface area contributed by atoms with Crippen LogP contribution in [0.1, 0.15) is 20.8 Å². The van der Waals surface area contributed by atoms with E-state index < -0.39 is 0 Å². The van der Waals surface area contributed by atoms with E-state index in [0.717, 1.165) is 27.9 Å². The van der Waals surface area contributed by atoms with Crippen molar-refractivity contribution in [2.45, 2.75) is 20.8 Å². The van der Waals surface area contributed by atoms with Crippen molar-refractivity contribution in [1.82, 2.24) is 0 Å². The summed E-state index contributed by atoms with van der Waals surface area (Å²) >= 11 is 0. The molecule has 0 aromatic carbocycles. The number of ether oxygens (including phenoxy) is 1. The molecule has 0 unspecified atom stereocenters. The Bertz CT molecular complexity index is 622. The first kappa shape index (κ1) is 13.3. The van der Waals surface area contributed by atoms with Crippen LogP contribution >= 0.6 is 0 Å². The molecule has 0 amide bonds. The molecule has 2 rings (SSSR count). The molecule has 0 N–H and O–H groups in total. The van der Waals surface area contributed by atoms with E-state index in [1.807, 2.05) is 20.8 Å². The van der Waals surface area contributed by atoms with Crippen LogP contribution in [0.5, 0.6) is 0 Å². The molecule has 19 heavy (non-hydrogen) atoms. The Labute approximate surface area is 112 Å². The first-order valence-electron chi connectivity index (χ1n) is 6.09. The summed E-state index contributed by atoms with van der Waals surface area (Å²) in [6.07, 6.45) is 6.65. The second-order valence-electron chi connectivity index (χ2n) is 4.63. The third-order valence-electron chi connectivity index (χ3n) is 3.60. The first-order valence-corrected chi connectivity index (χ1v) is 6.09. The van der Waals surface area contributed by atoms with Gasteiger partial charge in [0.15, 0.2) is 11.5 Å². The van der Waals surface area contributed by atoms with Crippen molar-refractivity contribution in [3.63, 3.8) is 0 Å². The number of carbonyl (C=O) groups is 2. The molecule has 3 nitrogen and oxygen atoms in total. The summed E-state index contributed by atoms with van der Waals surface area (Å²) in [5.74, 6) is 0.269. The molecule has 0 heterocycles. The topological polar surface area (TPSA) is 43.4 Å². The third-order valence-corrected chi connectivity index (χ3v) is 3.60. The predicted octanol–water partition coefficient (Wildman–Crippen LogP) is 2.82. The van der Waals surface area contributed by atoms with Gasteiger partial charge in [-0.05, 0) is 61.3 Å². The highest BCUT2D eigenvalue weighted by atomic mass is 16.5. The van der Waals surface area contributed by atoms with Gasteiger partial charge in [0.2, 0.25) is 5.78 Å². The van der Waals surface area contributed by atoms with Crippen molar-refractivity contribution in [2.24, 2.45) is 0 Å². The Kier molecular flexibility index (Phi) is 3.38. The Balaban J connectivity index is 2.64. The zero-order chi connectivity index (χ0) is 14.2. The molecule has 0 fully saturated rings. The lowest BCUT2D eigenvalue weighted by molar-refractivity contribution is -0.114. The van der Waals surface area contributed by atoms with Gasteiger partial charge in [-0.15, -0.1) is 0 Å². The Morgan fingerprint density at radius 2 is 1.26 bits per heavy atom. The molecule has 2 aliphatic rings. The normalized spacial score (nSPS) is 23.6. The highest BCUT2D eigenvalue weighted by Gasteiger charge is 2.22. The molecule has 0 radical (unpaired) electrons. The maximum Gasteiger partial charge on any atom is 0.220 e. The van der Waals surface area contributed by atoms with Crippen LogP contribution in [-0.2, 0) is 14.3 Å². The second kappa shape index (κ2) is 4.84. The Hall–Kier alpha value is -2.16. The summed E-state index contributed by atoms with van der Waals surface area (Å²) in [7, 11) is 1.49. The van der Waals surface area contributed by atoms with Crippen LogP contribution in [0.4, 0.5) is 0 Å². The summed E-state index contributed by atoms with van der Waals surface area (Å²) in [6, 6.07) is 0. The van der Waals surface area contributed by atoms with Crippen molar-refractivity contribution in [3.05, 3.63) is 57.9 Å². The van der Waals surface area contributed by atoms with Crippen molar-refractivity contribution in [2.75, 3.05) is 7.11 Å². The number of hydrogen-bond donors (Lipinski definition) is 0. The lowest BCUT2D eigenvalue weighted by Gasteiger charge is -2.20. The standard InChI is InChI=1S/C16H16O3/c1-9-10(2)14(17)7-5-12(9)13-6-8-15(18)16(19-4)11(13)3/h5-8H,1-4H3/b13-12-. The SMILES string of the molecule is COC1=C(C)/C(=C2/C=CC(=O)C(C)=C2C)C=CC1=O. The van der Waals surface area contributed by atoms with E-state index in [1.165, 1.54) is 13.2 Å². The van der Waals surface area contributed by atoms with Crippen LogP contribution in [0.2, 0.25) is 0 Å². The molecule has 0 aliphatic heterocycles. The molecule has 3 heteroatoms. The number of allylic oxidation sites excluding steroid dienone is 9. The minimum absolute atomic E-state index is 0.0336. The van der Waals surface area contributed by atoms with Gasteiger partial charge in [0.1, 0.15) is 0 Å². The van der Waals surface area contributed by atoms with E-state index >= 15 is 0 Å². The van der Waals surface area contributed by atoms with Gasteiger partial charge in [0.25, 0.3) is 0 Å². The van der Waals surface area contributed by atoms with Crippen molar-refractivity contribution < 1.29 is 14.3 Å². The van der Waals surface area contributed by atoms with E-state index in [2.05, 4.69) is 0 Å². The van der Waals surface area contributed by atoms with Gasteiger partial charge in [-0.3, -0.25) is 9.59 Å². The van der Waals surface area contributed by atoms with Gasteiger partial charge in [0, 0.05) is 5.57 Å². The molecule has 0 saturated heterocycles.